The quantitative estimate of drug-likeness (QED) is 0.424. The van der Waals surface area contributed by atoms with Crippen molar-refractivity contribution in [1.29, 1.82) is 0 Å². The predicted molar refractivity (Wildman–Crippen MR) is 122 cm³/mol. The van der Waals surface area contributed by atoms with Gasteiger partial charge in [0.05, 0.1) is 25.9 Å². The Labute approximate surface area is 186 Å². The summed E-state index contributed by atoms with van der Waals surface area (Å²) in [5.41, 5.74) is 2.15. The fraction of sp³-hybridized carbons (Fsp3) is 0.391. The van der Waals surface area contributed by atoms with Crippen LogP contribution in [0.1, 0.15) is 24.4 Å². The molecule has 3 aromatic heterocycles. The van der Waals surface area contributed by atoms with Crippen LogP contribution in [0.4, 0.5) is 0 Å². The number of nitrogens with zero attached hydrogens (tertiary/aromatic N) is 4. The largest absolute Gasteiger partial charge is 0.465 e. The molecule has 0 unspecified atom stereocenters. The molecule has 7 nitrogen and oxygen atoms in total. The number of aromatic nitrogens is 4. The number of H-pyrrole nitrogens is 1. The first kappa shape index (κ1) is 20.2. The van der Waals surface area contributed by atoms with E-state index in [2.05, 4.69) is 32.7 Å². The van der Waals surface area contributed by atoms with E-state index in [4.69, 9.17) is 26.5 Å². The van der Waals surface area contributed by atoms with Gasteiger partial charge in [0.2, 0.25) is 0 Å². The first-order valence-corrected chi connectivity index (χ1v) is 11.1. The molecule has 0 saturated carbocycles. The highest BCUT2D eigenvalue weighted by Gasteiger charge is 2.22. The zero-order valence-corrected chi connectivity index (χ0v) is 18.7. The molecule has 4 aromatic rings. The molecule has 0 aliphatic carbocycles. The first-order valence-electron chi connectivity index (χ1n) is 10.7. The van der Waals surface area contributed by atoms with Gasteiger partial charge in [-0.15, -0.1) is 0 Å². The second-order valence-electron chi connectivity index (χ2n) is 8.27. The number of nitrogens with one attached hydrogen (secondary N) is 1. The average Bonchev–Trinajstić information content (AvgIpc) is 3.54. The number of aryl methyl sites for hydroxylation is 1. The summed E-state index contributed by atoms with van der Waals surface area (Å²) in [4.78, 5) is 5.51. The summed E-state index contributed by atoms with van der Waals surface area (Å²) in [6.07, 6.45) is 4.35. The van der Waals surface area contributed by atoms with Crippen molar-refractivity contribution in [3.05, 3.63) is 58.9 Å². The molecule has 4 heterocycles. The van der Waals surface area contributed by atoms with E-state index in [1.54, 1.807) is 0 Å². The molecule has 1 saturated heterocycles. The van der Waals surface area contributed by atoms with Crippen molar-refractivity contribution >= 4 is 23.1 Å². The molecular formula is C23H27N5O2S. The topological polar surface area (TPSA) is 64.2 Å². The lowest BCUT2D eigenvalue weighted by Crippen LogP contribution is -2.22. The van der Waals surface area contributed by atoms with Crippen molar-refractivity contribution in [3.8, 4) is 11.4 Å². The van der Waals surface area contributed by atoms with E-state index in [1.807, 2.05) is 43.0 Å². The van der Waals surface area contributed by atoms with Gasteiger partial charge in [-0.25, -0.2) is 4.68 Å². The Kier molecular flexibility index (Phi) is 5.52. The number of ether oxygens (including phenoxy) is 1. The van der Waals surface area contributed by atoms with Gasteiger partial charge >= 0.3 is 0 Å². The van der Waals surface area contributed by atoms with Crippen LogP contribution in [0, 0.1) is 11.7 Å². The lowest BCUT2D eigenvalue weighted by atomic mass is 10.1. The molecule has 0 amide bonds. The van der Waals surface area contributed by atoms with E-state index in [1.165, 1.54) is 0 Å². The van der Waals surface area contributed by atoms with Gasteiger partial charge < -0.3 is 14.1 Å². The summed E-state index contributed by atoms with van der Waals surface area (Å²) in [6, 6.07) is 12.3. The first-order chi connectivity index (χ1) is 15.1. The third kappa shape index (κ3) is 4.11. The standard InChI is InChI=1S/C23H27N5O2S/c1-16-9-10-18(30-16)13-26(2)15-28-23(31)27(14-17-6-5-11-29-17)22(25-28)20-12-24-21-8-4-3-7-19(20)21/h3-4,7-10,12,17,24H,5-6,11,13-15H2,1-2H3/t17-/m0/s1. The molecule has 5 rings (SSSR count). The summed E-state index contributed by atoms with van der Waals surface area (Å²) < 4.78 is 16.4. The highest BCUT2D eigenvalue weighted by Crippen LogP contribution is 2.29. The van der Waals surface area contributed by atoms with Crippen LogP contribution in [-0.4, -0.2) is 44.0 Å². The van der Waals surface area contributed by atoms with Crippen LogP contribution in [0.2, 0.25) is 0 Å². The van der Waals surface area contributed by atoms with Gasteiger partial charge in [0.1, 0.15) is 11.5 Å². The maximum atomic E-state index is 5.91. The molecule has 1 aliphatic heterocycles. The summed E-state index contributed by atoms with van der Waals surface area (Å²) in [5.74, 6) is 2.73. The van der Waals surface area contributed by atoms with Crippen LogP contribution in [0.25, 0.3) is 22.3 Å². The fourth-order valence-electron chi connectivity index (χ4n) is 4.26. The van der Waals surface area contributed by atoms with Gasteiger partial charge in [-0.05, 0) is 57.2 Å². The SMILES string of the molecule is Cc1ccc(CN(C)Cn2nc(-c3c[nH]c4ccccc34)n(C[C@@H]3CCCO3)c2=S)o1. The fourth-order valence-corrected chi connectivity index (χ4v) is 4.52. The molecule has 1 fully saturated rings. The molecule has 162 valence electrons. The average molecular weight is 438 g/mol. The highest BCUT2D eigenvalue weighted by molar-refractivity contribution is 7.71. The number of aromatic amines is 1. The normalized spacial score (nSPS) is 16.7. The van der Waals surface area contributed by atoms with Gasteiger partial charge in [-0.1, -0.05) is 18.2 Å². The second kappa shape index (κ2) is 8.45. The summed E-state index contributed by atoms with van der Waals surface area (Å²) >= 11 is 5.88. The maximum absolute atomic E-state index is 5.91. The van der Waals surface area contributed by atoms with E-state index in [0.717, 1.165) is 59.8 Å². The van der Waals surface area contributed by atoms with Crippen LogP contribution in [0.15, 0.2) is 47.0 Å². The molecule has 31 heavy (non-hydrogen) atoms. The minimum atomic E-state index is 0.178. The lowest BCUT2D eigenvalue weighted by Gasteiger charge is -2.15. The molecule has 8 heteroatoms. The number of furan rings is 1. The van der Waals surface area contributed by atoms with Crippen molar-refractivity contribution < 1.29 is 9.15 Å². The minimum Gasteiger partial charge on any atom is -0.465 e. The van der Waals surface area contributed by atoms with Gasteiger partial charge in [0.25, 0.3) is 0 Å². The van der Waals surface area contributed by atoms with Gasteiger partial charge in [0, 0.05) is 29.3 Å². The molecule has 1 atom stereocenters. The van der Waals surface area contributed by atoms with E-state index in [0.29, 0.717) is 18.0 Å². The summed E-state index contributed by atoms with van der Waals surface area (Å²) in [5, 5.41) is 6.10. The van der Waals surface area contributed by atoms with Crippen LogP contribution >= 0.6 is 12.2 Å². The predicted octanol–water partition coefficient (Wildman–Crippen LogP) is 4.73. The van der Waals surface area contributed by atoms with E-state index >= 15 is 0 Å². The van der Waals surface area contributed by atoms with Crippen molar-refractivity contribution in [2.75, 3.05) is 13.7 Å². The third-order valence-electron chi connectivity index (χ3n) is 5.76. The number of hydrogen-bond donors (Lipinski definition) is 1. The number of rotatable bonds is 7. The molecule has 0 bridgehead atoms. The van der Waals surface area contributed by atoms with Crippen molar-refractivity contribution in [2.24, 2.45) is 0 Å². The molecule has 0 spiro atoms. The van der Waals surface area contributed by atoms with Gasteiger partial charge in [0.15, 0.2) is 10.6 Å². The Balaban J connectivity index is 1.49. The van der Waals surface area contributed by atoms with E-state index in [-0.39, 0.29) is 6.10 Å². The summed E-state index contributed by atoms with van der Waals surface area (Å²) in [7, 11) is 2.05. The molecular weight excluding hydrogens is 410 g/mol. The monoisotopic (exact) mass is 437 g/mol. The lowest BCUT2D eigenvalue weighted by molar-refractivity contribution is 0.0967. The smallest absolute Gasteiger partial charge is 0.199 e. The van der Waals surface area contributed by atoms with Crippen molar-refractivity contribution in [1.82, 2.24) is 24.2 Å². The van der Waals surface area contributed by atoms with E-state index in [9.17, 15) is 0 Å². The second-order valence-corrected chi connectivity index (χ2v) is 8.63. The number of hydrogen-bond acceptors (Lipinski definition) is 5. The molecule has 1 aromatic carbocycles. The molecule has 1 aliphatic rings. The Morgan fingerprint density at radius 3 is 2.90 bits per heavy atom. The Hall–Kier alpha value is -2.68. The number of fused-ring (bicyclic) bond motifs is 1. The van der Waals surface area contributed by atoms with Crippen molar-refractivity contribution in [3.63, 3.8) is 0 Å². The van der Waals surface area contributed by atoms with Crippen molar-refractivity contribution in [2.45, 2.75) is 45.6 Å². The number of para-hydroxylation sites is 1. The zero-order valence-electron chi connectivity index (χ0n) is 17.9. The highest BCUT2D eigenvalue weighted by atomic mass is 32.1. The zero-order chi connectivity index (χ0) is 21.4. The van der Waals surface area contributed by atoms with Crippen LogP contribution < -0.4 is 0 Å². The molecule has 1 N–H and O–H groups in total. The summed E-state index contributed by atoms with van der Waals surface area (Å²) in [6.45, 7) is 4.76. The Bertz CT molecular complexity index is 1240. The van der Waals surface area contributed by atoms with Gasteiger partial charge in [-0.2, -0.15) is 5.10 Å². The third-order valence-corrected chi connectivity index (χ3v) is 6.19. The van der Waals surface area contributed by atoms with Gasteiger partial charge in [-0.3, -0.25) is 9.47 Å². The van der Waals surface area contributed by atoms with Crippen LogP contribution in [0.5, 0.6) is 0 Å². The van der Waals surface area contributed by atoms with E-state index < -0.39 is 0 Å². The number of benzene rings is 1. The van der Waals surface area contributed by atoms with Crippen LogP contribution in [-0.2, 0) is 24.5 Å². The molecule has 0 radical (unpaired) electrons. The van der Waals surface area contributed by atoms with Crippen LogP contribution in [0.3, 0.4) is 0 Å². The Morgan fingerprint density at radius 1 is 1.26 bits per heavy atom. The maximum Gasteiger partial charge on any atom is 0.199 e. The Morgan fingerprint density at radius 2 is 2.13 bits per heavy atom. The minimum absolute atomic E-state index is 0.178.